The van der Waals surface area contributed by atoms with Gasteiger partial charge in [-0.2, -0.15) is 5.26 Å². The summed E-state index contributed by atoms with van der Waals surface area (Å²) in [4.78, 5) is 0. The second kappa shape index (κ2) is 10.1. The van der Waals surface area contributed by atoms with Crippen molar-refractivity contribution in [2.24, 2.45) is 5.92 Å². The second-order valence-electron chi connectivity index (χ2n) is 7.89. The maximum Gasteiger partial charge on any atom is 0.142 e. The lowest BCUT2D eigenvalue weighted by molar-refractivity contribution is 0.303. The minimum absolute atomic E-state index is 0.0509. The van der Waals surface area contributed by atoms with Crippen molar-refractivity contribution < 1.29 is 4.39 Å². The number of unbranched alkanes of at least 4 members (excludes halogenated alkanes) is 2. The van der Waals surface area contributed by atoms with Crippen molar-refractivity contribution in [3.8, 4) is 17.9 Å². The maximum absolute atomic E-state index is 13.7. The zero-order chi connectivity index (χ0) is 19.8. The normalized spacial score (nSPS) is 18.8. The summed E-state index contributed by atoms with van der Waals surface area (Å²) < 4.78 is 13.7. The van der Waals surface area contributed by atoms with Gasteiger partial charge in [0.1, 0.15) is 11.9 Å². The summed E-state index contributed by atoms with van der Waals surface area (Å²) in [6.45, 7) is 2.27. The first-order chi connectivity index (χ1) is 13.7. The van der Waals surface area contributed by atoms with E-state index in [9.17, 15) is 4.39 Å². The first-order valence-electron chi connectivity index (χ1n) is 10.5. The first kappa shape index (κ1) is 20.2. The fourth-order valence-corrected chi connectivity index (χ4v) is 4.13. The molecule has 0 amide bonds. The molecule has 0 atom stereocenters. The molecule has 0 aromatic heterocycles. The Hall–Kier alpha value is -2.58. The van der Waals surface area contributed by atoms with E-state index in [0.29, 0.717) is 11.5 Å². The van der Waals surface area contributed by atoms with Crippen LogP contribution < -0.4 is 0 Å². The summed E-state index contributed by atoms with van der Waals surface area (Å²) in [5.74, 6) is 7.17. The molecule has 2 aromatic rings. The van der Waals surface area contributed by atoms with Crippen LogP contribution in [0.4, 0.5) is 4.39 Å². The van der Waals surface area contributed by atoms with Crippen LogP contribution in [0.1, 0.15) is 86.5 Å². The molecule has 0 heterocycles. The van der Waals surface area contributed by atoms with Crippen molar-refractivity contribution in [1.82, 2.24) is 0 Å². The van der Waals surface area contributed by atoms with Gasteiger partial charge in [-0.15, -0.1) is 0 Å². The smallest absolute Gasteiger partial charge is 0.142 e. The molecule has 1 saturated carbocycles. The maximum atomic E-state index is 13.7. The van der Waals surface area contributed by atoms with Crippen LogP contribution in [0.15, 0.2) is 42.5 Å². The third kappa shape index (κ3) is 5.46. The minimum Gasteiger partial charge on any atom is -0.206 e. The highest BCUT2D eigenvalue weighted by atomic mass is 19.1. The molecule has 0 radical (unpaired) electrons. The van der Waals surface area contributed by atoms with Gasteiger partial charge < -0.3 is 0 Å². The Morgan fingerprint density at radius 2 is 1.61 bits per heavy atom. The molecule has 0 aliphatic heterocycles. The summed E-state index contributed by atoms with van der Waals surface area (Å²) in [7, 11) is 0. The monoisotopic (exact) mass is 373 g/mol. The van der Waals surface area contributed by atoms with E-state index in [2.05, 4.69) is 43.0 Å². The molecule has 144 valence electrons. The number of rotatable bonds is 5. The molecule has 0 N–H and O–H groups in total. The minimum atomic E-state index is -0.519. The molecule has 2 heteroatoms. The quantitative estimate of drug-likeness (QED) is 0.411. The Bertz CT molecular complexity index is 871. The Labute approximate surface area is 168 Å². The lowest BCUT2D eigenvalue weighted by Gasteiger charge is -2.29. The number of nitriles is 1. The van der Waals surface area contributed by atoms with Crippen LogP contribution in [0.5, 0.6) is 0 Å². The highest BCUT2D eigenvalue weighted by Gasteiger charge is 2.21. The van der Waals surface area contributed by atoms with Crippen molar-refractivity contribution in [2.75, 3.05) is 0 Å². The number of hydrogen-bond acceptors (Lipinski definition) is 1. The molecule has 1 aliphatic carbocycles. The Balaban J connectivity index is 1.56. The van der Waals surface area contributed by atoms with Crippen molar-refractivity contribution in [3.63, 3.8) is 0 Å². The van der Waals surface area contributed by atoms with E-state index in [1.807, 2.05) is 6.07 Å². The van der Waals surface area contributed by atoms with Gasteiger partial charge in [0.15, 0.2) is 0 Å². The first-order valence-corrected chi connectivity index (χ1v) is 10.5. The SMILES string of the molecule is CCCCCC1CCC(c2ccc(C#Cc3ccc(C#N)c(F)c3)cc2)CC1. The van der Waals surface area contributed by atoms with E-state index in [-0.39, 0.29) is 5.56 Å². The van der Waals surface area contributed by atoms with Gasteiger partial charge in [-0.05, 0) is 73.4 Å². The summed E-state index contributed by atoms with van der Waals surface area (Å²) in [6, 6.07) is 14.8. The molecular weight excluding hydrogens is 345 g/mol. The lowest BCUT2D eigenvalue weighted by atomic mass is 9.77. The van der Waals surface area contributed by atoms with Gasteiger partial charge in [0.2, 0.25) is 0 Å². The topological polar surface area (TPSA) is 23.8 Å². The molecule has 0 bridgehead atoms. The highest BCUT2D eigenvalue weighted by Crippen LogP contribution is 2.37. The van der Waals surface area contributed by atoms with Crippen LogP contribution in [0.2, 0.25) is 0 Å². The fourth-order valence-electron chi connectivity index (χ4n) is 4.13. The van der Waals surface area contributed by atoms with Crippen molar-refractivity contribution in [3.05, 3.63) is 70.5 Å². The summed E-state index contributed by atoms with van der Waals surface area (Å²) in [6.07, 6.45) is 10.8. The standard InChI is InChI=1S/C26H28FN/c1-2-3-4-5-20-8-13-23(14-9-20)24-15-10-21(11-16-24)6-7-22-12-17-25(19-28)26(27)18-22/h10-12,15-18,20,23H,2-5,8-9,13-14H2,1H3. The highest BCUT2D eigenvalue weighted by molar-refractivity contribution is 5.46. The molecule has 1 nitrogen and oxygen atoms in total. The van der Waals surface area contributed by atoms with Gasteiger partial charge in [-0.1, -0.05) is 56.6 Å². The largest absolute Gasteiger partial charge is 0.206 e. The van der Waals surface area contributed by atoms with E-state index >= 15 is 0 Å². The van der Waals surface area contributed by atoms with Crippen molar-refractivity contribution >= 4 is 0 Å². The number of halogens is 1. The molecule has 0 spiro atoms. The second-order valence-corrected chi connectivity index (χ2v) is 7.89. The van der Waals surface area contributed by atoms with Gasteiger partial charge in [0.25, 0.3) is 0 Å². The van der Waals surface area contributed by atoms with Crippen molar-refractivity contribution in [1.29, 1.82) is 5.26 Å². The van der Waals surface area contributed by atoms with Crippen LogP contribution >= 0.6 is 0 Å². The Morgan fingerprint density at radius 3 is 2.25 bits per heavy atom. The van der Waals surface area contributed by atoms with E-state index in [0.717, 1.165) is 11.5 Å². The van der Waals surface area contributed by atoms with Crippen molar-refractivity contribution in [2.45, 2.75) is 64.2 Å². The van der Waals surface area contributed by atoms with E-state index in [1.165, 1.54) is 69.1 Å². The zero-order valence-electron chi connectivity index (χ0n) is 16.7. The third-order valence-electron chi connectivity index (χ3n) is 5.89. The summed E-state index contributed by atoms with van der Waals surface area (Å²) in [5, 5.41) is 8.79. The van der Waals surface area contributed by atoms with Crippen LogP contribution in [-0.2, 0) is 0 Å². The van der Waals surface area contributed by atoms with E-state index < -0.39 is 5.82 Å². The van der Waals surface area contributed by atoms with Crippen LogP contribution in [0.25, 0.3) is 0 Å². The zero-order valence-corrected chi connectivity index (χ0v) is 16.7. The summed E-state index contributed by atoms with van der Waals surface area (Å²) in [5.41, 5.74) is 2.99. The molecule has 0 unspecified atom stereocenters. The lowest BCUT2D eigenvalue weighted by Crippen LogP contribution is -2.13. The number of hydrogen-bond donors (Lipinski definition) is 0. The predicted octanol–water partition coefficient (Wildman–Crippen LogP) is 6.95. The molecule has 28 heavy (non-hydrogen) atoms. The van der Waals surface area contributed by atoms with Crippen LogP contribution in [-0.4, -0.2) is 0 Å². The fraction of sp³-hybridized carbons (Fsp3) is 0.423. The Morgan fingerprint density at radius 1 is 0.929 bits per heavy atom. The number of nitrogens with zero attached hydrogens (tertiary/aromatic N) is 1. The molecule has 1 fully saturated rings. The Kier molecular flexibility index (Phi) is 7.27. The average Bonchev–Trinajstić information content (AvgIpc) is 2.73. The third-order valence-corrected chi connectivity index (χ3v) is 5.89. The molecule has 1 aliphatic rings. The molecule has 0 saturated heterocycles. The van der Waals surface area contributed by atoms with Gasteiger partial charge in [-0.25, -0.2) is 4.39 Å². The van der Waals surface area contributed by atoms with Crippen LogP contribution in [0.3, 0.4) is 0 Å². The van der Waals surface area contributed by atoms with E-state index in [1.54, 1.807) is 6.07 Å². The summed E-state index contributed by atoms with van der Waals surface area (Å²) >= 11 is 0. The molecular formula is C26H28FN. The number of benzene rings is 2. The van der Waals surface area contributed by atoms with Crippen LogP contribution in [0, 0.1) is 34.9 Å². The molecule has 2 aromatic carbocycles. The van der Waals surface area contributed by atoms with Gasteiger partial charge in [0.05, 0.1) is 5.56 Å². The van der Waals surface area contributed by atoms with Gasteiger partial charge >= 0.3 is 0 Å². The van der Waals surface area contributed by atoms with E-state index in [4.69, 9.17) is 5.26 Å². The molecule has 3 rings (SSSR count). The van der Waals surface area contributed by atoms with Gasteiger partial charge in [0, 0.05) is 11.1 Å². The predicted molar refractivity (Wildman–Crippen MR) is 112 cm³/mol. The average molecular weight is 374 g/mol. The van der Waals surface area contributed by atoms with Gasteiger partial charge in [-0.3, -0.25) is 0 Å².